The summed E-state index contributed by atoms with van der Waals surface area (Å²) in [6, 6.07) is 7.29. The molecule has 3 rings (SSSR count). The highest BCUT2D eigenvalue weighted by atomic mass is 35.5. The lowest BCUT2D eigenvalue weighted by molar-refractivity contribution is -0.132. The Hall–Kier alpha value is -1.73. The average molecular weight is 394 g/mol. The number of likely N-dealkylation sites (tertiary alicyclic amines) is 1. The number of hydrogen-bond acceptors (Lipinski definition) is 5. The summed E-state index contributed by atoms with van der Waals surface area (Å²) in [4.78, 5) is 14.8. The number of piperidine rings is 1. The van der Waals surface area contributed by atoms with Crippen LogP contribution in [0.15, 0.2) is 29.4 Å². The van der Waals surface area contributed by atoms with Crippen molar-refractivity contribution in [2.45, 2.75) is 37.6 Å². The molecule has 1 aliphatic heterocycles. The van der Waals surface area contributed by atoms with Gasteiger partial charge in [-0.15, -0.1) is 10.2 Å². The van der Waals surface area contributed by atoms with E-state index >= 15 is 0 Å². The van der Waals surface area contributed by atoms with E-state index in [1.165, 1.54) is 22.9 Å². The fraction of sp³-hybridized carbons (Fsp3) is 0.500. The molecule has 26 heavy (non-hydrogen) atoms. The average Bonchev–Trinajstić information content (AvgIpc) is 2.94. The van der Waals surface area contributed by atoms with Crippen molar-refractivity contribution in [1.82, 2.24) is 19.8 Å². The number of thioether (sulfide) groups is 1. The maximum atomic E-state index is 12.8. The molecule has 1 aliphatic rings. The van der Waals surface area contributed by atoms with Crippen molar-refractivity contribution in [3.63, 3.8) is 0 Å². The van der Waals surface area contributed by atoms with Gasteiger partial charge in [0.2, 0.25) is 11.1 Å². The zero-order valence-electron chi connectivity index (χ0n) is 15.2. The highest BCUT2D eigenvalue weighted by Gasteiger charge is 2.29. The summed E-state index contributed by atoms with van der Waals surface area (Å²) < 4.78 is 1.42. The van der Waals surface area contributed by atoms with Gasteiger partial charge >= 0.3 is 0 Å². The van der Waals surface area contributed by atoms with Crippen molar-refractivity contribution in [3.05, 3.63) is 29.3 Å². The van der Waals surface area contributed by atoms with E-state index in [4.69, 9.17) is 17.4 Å². The Labute approximate surface area is 163 Å². The Kier molecular flexibility index (Phi) is 5.77. The lowest BCUT2D eigenvalue weighted by Crippen LogP contribution is -2.45. The van der Waals surface area contributed by atoms with Gasteiger partial charge in [-0.05, 0) is 37.3 Å². The molecule has 0 radical (unpaired) electrons. The molecular weight excluding hydrogens is 370 g/mol. The van der Waals surface area contributed by atoms with Gasteiger partial charge in [-0.1, -0.05) is 49.3 Å². The Bertz CT molecular complexity index is 786. The highest BCUT2D eigenvalue weighted by Crippen LogP contribution is 2.28. The second kappa shape index (κ2) is 7.88. The Balaban J connectivity index is 1.72. The summed E-state index contributed by atoms with van der Waals surface area (Å²) in [5.74, 6) is 7.88. The van der Waals surface area contributed by atoms with E-state index in [1.54, 1.807) is 12.1 Å². The molecule has 2 aromatic rings. The fourth-order valence-corrected chi connectivity index (χ4v) is 4.53. The SMILES string of the molecule is CC1CC(C)CN(C(=O)C(C)Sc2nnc(-c3cccc(Cl)c3)n2N)C1. The van der Waals surface area contributed by atoms with Crippen LogP contribution in [-0.2, 0) is 4.79 Å². The largest absolute Gasteiger partial charge is 0.341 e. The number of carbonyl (C=O) groups is 1. The fourth-order valence-electron chi connectivity index (χ4n) is 3.49. The minimum Gasteiger partial charge on any atom is -0.341 e. The molecule has 0 aliphatic carbocycles. The summed E-state index contributed by atoms with van der Waals surface area (Å²) in [5.41, 5.74) is 0.789. The van der Waals surface area contributed by atoms with Crippen LogP contribution in [0.2, 0.25) is 5.02 Å². The summed E-state index contributed by atoms with van der Waals surface area (Å²) in [6.07, 6.45) is 1.17. The topological polar surface area (TPSA) is 77.0 Å². The van der Waals surface area contributed by atoms with Gasteiger partial charge in [-0.25, -0.2) is 4.68 Å². The first-order valence-electron chi connectivity index (χ1n) is 8.77. The predicted octanol–water partition coefficient (Wildman–Crippen LogP) is 3.30. The van der Waals surface area contributed by atoms with E-state index in [0.717, 1.165) is 18.7 Å². The normalized spacial score (nSPS) is 21.6. The number of aromatic nitrogens is 3. The van der Waals surface area contributed by atoms with Crippen LogP contribution in [-0.4, -0.2) is 44.0 Å². The quantitative estimate of drug-likeness (QED) is 0.637. The van der Waals surface area contributed by atoms with Crippen LogP contribution in [0.5, 0.6) is 0 Å². The van der Waals surface area contributed by atoms with Crippen LogP contribution in [0.4, 0.5) is 0 Å². The molecule has 140 valence electrons. The van der Waals surface area contributed by atoms with Crippen LogP contribution in [0.25, 0.3) is 11.4 Å². The Morgan fingerprint density at radius 1 is 1.31 bits per heavy atom. The Morgan fingerprint density at radius 3 is 2.65 bits per heavy atom. The third-order valence-electron chi connectivity index (χ3n) is 4.56. The molecule has 0 bridgehead atoms. The van der Waals surface area contributed by atoms with Crippen LogP contribution < -0.4 is 5.84 Å². The molecule has 6 nitrogen and oxygen atoms in total. The zero-order chi connectivity index (χ0) is 18.8. The first-order valence-corrected chi connectivity index (χ1v) is 10.0. The second-order valence-corrected chi connectivity index (χ2v) is 8.88. The maximum absolute atomic E-state index is 12.8. The van der Waals surface area contributed by atoms with E-state index in [-0.39, 0.29) is 11.2 Å². The minimum absolute atomic E-state index is 0.126. The number of nitrogens with two attached hydrogens (primary N) is 1. The molecule has 1 fully saturated rings. The molecule has 2 N–H and O–H groups in total. The molecule has 3 unspecified atom stereocenters. The van der Waals surface area contributed by atoms with Gasteiger partial charge in [0.05, 0.1) is 5.25 Å². The van der Waals surface area contributed by atoms with Gasteiger partial charge in [-0.3, -0.25) is 4.79 Å². The predicted molar refractivity (Wildman–Crippen MR) is 105 cm³/mol. The summed E-state index contributed by atoms with van der Waals surface area (Å²) in [6.45, 7) is 7.92. The summed E-state index contributed by atoms with van der Waals surface area (Å²) >= 11 is 7.37. The smallest absolute Gasteiger partial charge is 0.235 e. The molecule has 0 saturated carbocycles. The third-order valence-corrected chi connectivity index (χ3v) is 5.84. The third kappa shape index (κ3) is 4.15. The van der Waals surface area contributed by atoms with Crippen molar-refractivity contribution in [3.8, 4) is 11.4 Å². The van der Waals surface area contributed by atoms with E-state index < -0.39 is 0 Å². The van der Waals surface area contributed by atoms with Crippen molar-refractivity contribution in [2.75, 3.05) is 18.9 Å². The van der Waals surface area contributed by atoms with E-state index in [0.29, 0.717) is 27.8 Å². The van der Waals surface area contributed by atoms with E-state index in [2.05, 4.69) is 24.0 Å². The molecule has 1 aromatic heterocycles. The number of carbonyl (C=O) groups excluding carboxylic acids is 1. The van der Waals surface area contributed by atoms with Gasteiger partial charge in [0, 0.05) is 23.7 Å². The van der Waals surface area contributed by atoms with Gasteiger partial charge < -0.3 is 10.7 Å². The standard InChI is InChI=1S/C18H24ClN5OS/c1-11-7-12(2)10-23(9-11)17(25)13(3)26-18-22-21-16(24(18)20)14-5-4-6-15(19)8-14/h4-6,8,11-13H,7,9-10,20H2,1-3H3. The zero-order valence-corrected chi connectivity index (χ0v) is 16.8. The number of halogens is 1. The lowest BCUT2D eigenvalue weighted by Gasteiger charge is -2.36. The number of hydrogen-bond donors (Lipinski definition) is 1. The van der Waals surface area contributed by atoms with Crippen LogP contribution in [0.1, 0.15) is 27.2 Å². The van der Waals surface area contributed by atoms with Crippen LogP contribution in [0.3, 0.4) is 0 Å². The van der Waals surface area contributed by atoms with Crippen molar-refractivity contribution in [2.24, 2.45) is 11.8 Å². The van der Waals surface area contributed by atoms with Crippen LogP contribution >= 0.6 is 23.4 Å². The van der Waals surface area contributed by atoms with Crippen LogP contribution in [0, 0.1) is 11.8 Å². The molecule has 1 aromatic carbocycles. The van der Waals surface area contributed by atoms with Gasteiger partial charge in [0.25, 0.3) is 0 Å². The van der Waals surface area contributed by atoms with Gasteiger partial charge in [0.15, 0.2) is 5.82 Å². The molecule has 3 atom stereocenters. The lowest BCUT2D eigenvalue weighted by atomic mass is 9.92. The first kappa shape index (κ1) is 19.0. The minimum atomic E-state index is -0.272. The number of amides is 1. The number of benzene rings is 1. The molecule has 0 spiro atoms. The first-order chi connectivity index (χ1) is 12.3. The van der Waals surface area contributed by atoms with Crippen molar-refractivity contribution >= 4 is 29.3 Å². The Morgan fingerprint density at radius 2 is 2.00 bits per heavy atom. The molecule has 8 heteroatoms. The molecular formula is C18H24ClN5OS. The molecule has 1 saturated heterocycles. The van der Waals surface area contributed by atoms with Crippen molar-refractivity contribution < 1.29 is 4.79 Å². The van der Waals surface area contributed by atoms with Gasteiger partial charge in [0.1, 0.15) is 0 Å². The molecule has 1 amide bonds. The summed E-state index contributed by atoms with van der Waals surface area (Å²) in [7, 11) is 0. The van der Waals surface area contributed by atoms with Gasteiger partial charge in [-0.2, -0.15) is 0 Å². The second-order valence-electron chi connectivity index (χ2n) is 7.14. The van der Waals surface area contributed by atoms with Crippen molar-refractivity contribution in [1.29, 1.82) is 0 Å². The monoisotopic (exact) mass is 393 g/mol. The number of nitrogens with zero attached hydrogens (tertiary/aromatic N) is 4. The number of rotatable bonds is 4. The van der Waals surface area contributed by atoms with E-state index in [1.807, 2.05) is 24.0 Å². The number of nitrogen functional groups attached to an aromatic ring is 1. The summed E-state index contributed by atoms with van der Waals surface area (Å²) in [5, 5.41) is 9.16. The maximum Gasteiger partial charge on any atom is 0.235 e. The molecule has 2 heterocycles. The van der Waals surface area contributed by atoms with E-state index in [9.17, 15) is 4.79 Å². The highest BCUT2D eigenvalue weighted by molar-refractivity contribution is 8.00.